The van der Waals surface area contributed by atoms with Gasteiger partial charge in [-0.05, 0) is 46.1 Å². The van der Waals surface area contributed by atoms with Crippen molar-refractivity contribution in [1.29, 1.82) is 0 Å². The maximum atomic E-state index is 11.7. The fourth-order valence-corrected chi connectivity index (χ4v) is 2.71. The molecule has 2 rings (SSSR count). The molecule has 1 saturated heterocycles. The number of hydrogen-bond donors (Lipinski definition) is 1. The van der Waals surface area contributed by atoms with Crippen molar-refractivity contribution in [2.75, 3.05) is 19.6 Å². The summed E-state index contributed by atoms with van der Waals surface area (Å²) >= 11 is 0. The first-order valence-corrected chi connectivity index (χ1v) is 6.04. The van der Waals surface area contributed by atoms with Crippen LogP contribution in [-0.4, -0.2) is 36.2 Å². The van der Waals surface area contributed by atoms with Crippen LogP contribution in [0.1, 0.15) is 33.6 Å². The Balaban J connectivity index is 1.82. The lowest BCUT2D eigenvalue weighted by Gasteiger charge is -2.60. The Labute approximate surface area is 97.1 Å². The molecule has 4 nitrogen and oxygen atoms in total. The highest BCUT2D eigenvalue weighted by molar-refractivity contribution is 5.69. The molecule has 0 aromatic carbocycles. The number of carbonyl (C=O) groups is 1. The van der Waals surface area contributed by atoms with Crippen LogP contribution in [0, 0.1) is 11.3 Å². The highest BCUT2D eigenvalue weighted by atomic mass is 16.6. The number of ether oxygens (including phenoxy) is 1. The first kappa shape index (κ1) is 11.7. The van der Waals surface area contributed by atoms with E-state index in [1.54, 1.807) is 4.90 Å². The summed E-state index contributed by atoms with van der Waals surface area (Å²) in [6, 6.07) is 0. The van der Waals surface area contributed by atoms with Crippen molar-refractivity contribution in [1.82, 2.24) is 4.90 Å². The fourth-order valence-electron chi connectivity index (χ4n) is 2.71. The first-order chi connectivity index (χ1) is 7.36. The molecule has 16 heavy (non-hydrogen) atoms. The van der Waals surface area contributed by atoms with Crippen molar-refractivity contribution in [3.05, 3.63) is 0 Å². The van der Waals surface area contributed by atoms with Crippen LogP contribution in [0.15, 0.2) is 0 Å². The summed E-state index contributed by atoms with van der Waals surface area (Å²) in [5.41, 5.74) is 5.65. The Kier molecular flexibility index (Phi) is 2.65. The van der Waals surface area contributed by atoms with Gasteiger partial charge in [0.05, 0.1) is 0 Å². The molecule has 1 amide bonds. The normalized spacial score (nSPS) is 27.2. The van der Waals surface area contributed by atoms with Crippen molar-refractivity contribution in [2.45, 2.75) is 39.2 Å². The molecule has 1 saturated carbocycles. The predicted octanol–water partition coefficient (Wildman–Crippen LogP) is 1.59. The van der Waals surface area contributed by atoms with Gasteiger partial charge in [0.2, 0.25) is 0 Å². The van der Waals surface area contributed by atoms with Crippen LogP contribution in [0.2, 0.25) is 0 Å². The Hall–Kier alpha value is -0.770. The number of hydrogen-bond acceptors (Lipinski definition) is 3. The summed E-state index contributed by atoms with van der Waals surface area (Å²) < 4.78 is 5.33. The van der Waals surface area contributed by atoms with E-state index < -0.39 is 5.60 Å². The van der Waals surface area contributed by atoms with Crippen molar-refractivity contribution >= 4 is 6.09 Å². The maximum absolute atomic E-state index is 11.7. The molecular formula is C12H22N2O2. The average Bonchev–Trinajstić information content (AvgIpc) is 1.96. The number of rotatable bonds is 1. The summed E-state index contributed by atoms with van der Waals surface area (Å²) in [6.07, 6.45) is 2.26. The number of carbonyl (C=O) groups excluding carboxylic acids is 1. The molecule has 0 bridgehead atoms. The molecule has 0 aromatic rings. The zero-order chi connectivity index (χ0) is 12.0. The summed E-state index contributed by atoms with van der Waals surface area (Å²) in [6.45, 7) is 8.11. The molecule has 92 valence electrons. The molecule has 2 N–H and O–H groups in total. The van der Waals surface area contributed by atoms with Crippen LogP contribution in [0.3, 0.4) is 0 Å². The summed E-state index contributed by atoms with van der Waals surface area (Å²) in [7, 11) is 0. The van der Waals surface area contributed by atoms with Gasteiger partial charge in [0.1, 0.15) is 5.60 Å². The van der Waals surface area contributed by atoms with E-state index in [-0.39, 0.29) is 6.09 Å². The van der Waals surface area contributed by atoms with E-state index in [1.807, 2.05) is 20.8 Å². The topological polar surface area (TPSA) is 55.6 Å². The lowest BCUT2D eigenvalue weighted by atomic mass is 9.56. The van der Waals surface area contributed by atoms with Gasteiger partial charge in [0, 0.05) is 18.5 Å². The Morgan fingerprint density at radius 1 is 1.50 bits per heavy atom. The second kappa shape index (κ2) is 3.62. The van der Waals surface area contributed by atoms with E-state index in [0.29, 0.717) is 11.3 Å². The van der Waals surface area contributed by atoms with E-state index in [4.69, 9.17) is 10.5 Å². The van der Waals surface area contributed by atoms with Crippen LogP contribution in [0.4, 0.5) is 4.79 Å². The zero-order valence-electron chi connectivity index (χ0n) is 10.5. The number of nitrogens with two attached hydrogens (primary N) is 1. The van der Waals surface area contributed by atoms with E-state index in [2.05, 4.69) is 0 Å². The molecule has 1 atom stereocenters. The molecule has 0 unspecified atom stereocenters. The van der Waals surface area contributed by atoms with Gasteiger partial charge >= 0.3 is 6.09 Å². The Morgan fingerprint density at radius 2 is 2.12 bits per heavy atom. The smallest absolute Gasteiger partial charge is 0.410 e. The molecule has 1 heterocycles. The predicted molar refractivity (Wildman–Crippen MR) is 62.0 cm³/mol. The molecule has 1 spiro atoms. The number of amides is 1. The largest absolute Gasteiger partial charge is 0.444 e. The van der Waals surface area contributed by atoms with Gasteiger partial charge in [-0.25, -0.2) is 4.79 Å². The maximum Gasteiger partial charge on any atom is 0.410 e. The molecule has 4 heteroatoms. The molecule has 1 aliphatic carbocycles. The minimum atomic E-state index is -0.396. The zero-order valence-corrected chi connectivity index (χ0v) is 10.5. The van der Waals surface area contributed by atoms with Crippen LogP contribution >= 0.6 is 0 Å². The third-order valence-electron chi connectivity index (χ3n) is 3.80. The molecule has 2 fully saturated rings. The standard InChI is InChI=1S/C12H22N2O2/c1-11(2,3)16-10(15)14-7-12(8-14)5-4-9(12)6-13/h9H,4-8,13H2,1-3H3/t9-/m0/s1. The minimum Gasteiger partial charge on any atom is -0.444 e. The third kappa shape index (κ3) is 1.90. The van der Waals surface area contributed by atoms with E-state index in [1.165, 1.54) is 12.8 Å². The average molecular weight is 226 g/mol. The molecule has 1 aliphatic heterocycles. The van der Waals surface area contributed by atoms with Gasteiger partial charge in [-0.3, -0.25) is 0 Å². The SMILES string of the molecule is CC(C)(C)OC(=O)N1CC2(CC[C@H]2CN)C1. The van der Waals surface area contributed by atoms with E-state index in [9.17, 15) is 4.79 Å². The van der Waals surface area contributed by atoms with Gasteiger partial charge in [0.25, 0.3) is 0 Å². The summed E-state index contributed by atoms with van der Waals surface area (Å²) in [5, 5.41) is 0. The third-order valence-corrected chi connectivity index (χ3v) is 3.80. The fraction of sp³-hybridized carbons (Fsp3) is 0.917. The van der Waals surface area contributed by atoms with Gasteiger partial charge in [0.15, 0.2) is 0 Å². The van der Waals surface area contributed by atoms with Crippen LogP contribution in [0.25, 0.3) is 0 Å². The van der Waals surface area contributed by atoms with Crippen molar-refractivity contribution < 1.29 is 9.53 Å². The lowest BCUT2D eigenvalue weighted by Crippen LogP contribution is -2.67. The van der Waals surface area contributed by atoms with Crippen LogP contribution < -0.4 is 5.73 Å². The van der Waals surface area contributed by atoms with Crippen LogP contribution in [0.5, 0.6) is 0 Å². The molecule has 2 aliphatic rings. The number of nitrogens with zero attached hydrogens (tertiary/aromatic N) is 1. The van der Waals surface area contributed by atoms with Gasteiger partial charge in [-0.15, -0.1) is 0 Å². The quantitative estimate of drug-likeness (QED) is 0.738. The van der Waals surface area contributed by atoms with Crippen LogP contribution in [-0.2, 0) is 4.74 Å². The highest BCUT2D eigenvalue weighted by Gasteiger charge is 2.55. The summed E-state index contributed by atoms with van der Waals surface area (Å²) in [4.78, 5) is 13.5. The van der Waals surface area contributed by atoms with Gasteiger partial charge in [-0.2, -0.15) is 0 Å². The second-order valence-corrected chi connectivity index (χ2v) is 6.17. The number of likely N-dealkylation sites (tertiary alicyclic amines) is 1. The lowest BCUT2D eigenvalue weighted by molar-refractivity contribution is -0.108. The van der Waals surface area contributed by atoms with E-state index >= 15 is 0 Å². The van der Waals surface area contributed by atoms with Crippen molar-refractivity contribution in [3.63, 3.8) is 0 Å². The minimum absolute atomic E-state index is 0.180. The first-order valence-electron chi connectivity index (χ1n) is 6.04. The molecule has 0 radical (unpaired) electrons. The van der Waals surface area contributed by atoms with E-state index in [0.717, 1.165) is 19.6 Å². The highest BCUT2D eigenvalue weighted by Crippen LogP contribution is 2.52. The monoisotopic (exact) mass is 226 g/mol. The van der Waals surface area contributed by atoms with Crippen molar-refractivity contribution in [3.8, 4) is 0 Å². The summed E-state index contributed by atoms with van der Waals surface area (Å²) in [5.74, 6) is 0.617. The second-order valence-electron chi connectivity index (χ2n) is 6.17. The molecule has 0 aromatic heterocycles. The Morgan fingerprint density at radius 3 is 2.50 bits per heavy atom. The molecular weight excluding hydrogens is 204 g/mol. The Bertz CT molecular complexity index is 288. The van der Waals surface area contributed by atoms with Gasteiger partial charge < -0.3 is 15.4 Å². The van der Waals surface area contributed by atoms with Gasteiger partial charge in [-0.1, -0.05) is 0 Å². The van der Waals surface area contributed by atoms with Crippen molar-refractivity contribution in [2.24, 2.45) is 17.1 Å².